The Bertz CT molecular complexity index is 842. The van der Waals surface area contributed by atoms with E-state index < -0.39 is 0 Å². The molecular weight excluding hydrogens is 404 g/mol. The first-order valence-corrected chi connectivity index (χ1v) is 13.8. The summed E-state index contributed by atoms with van der Waals surface area (Å²) in [7, 11) is 0. The predicted octanol–water partition coefficient (Wildman–Crippen LogP) is 8.69. The number of unbranched alkanes of at least 4 members (excludes halogenated alkanes) is 2. The molecule has 2 aromatic rings. The van der Waals surface area contributed by atoms with Crippen LogP contribution in [-0.4, -0.2) is 10.2 Å². The second kappa shape index (κ2) is 11.4. The van der Waals surface area contributed by atoms with Crippen LogP contribution in [0, 0.1) is 0 Å². The molecule has 0 saturated heterocycles. The molecule has 0 amide bonds. The molecule has 2 heteroatoms. The van der Waals surface area contributed by atoms with Crippen molar-refractivity contribution in [2.45, 2.75) is 122 Å². The molecule has 0 bridgehead atoms. The van der Waals surface area contributed by atoms with Gasteiger partial charge in [0, 0.05) is 6.42 Å². The van der Waals surface area contributed by atoms with Gasteiger partial charge in [-0.15, -0.1) is 0 Å². The highest BCUT2D eigenvalue weighted by molar-refractivity contribution is 5.52. The topological polar surface area (TPSA) is 40.5 Å². The van der Waals surface area contributed by atoms with Gasteiger partial charge in [0.05, 0.1) is 0 Å². The molecule has 2 aromatic carbocycles. The Morgan fingerprint density at radius 2 is 0.970 bits per heavy atom. The molecule has 2 aliphatic carbocycles. The maximum Gasteiger partial charge on any atom is 0.122 e. The van der Waals surface area contributed by atoms with Crippen molar-refractivity contribution in [3.05, 3.63) is 57.6 Å². The van der Waals surface area contributed by atoms with E-state index in [0.29, 0.717) is 29.8 Å². The van der Waals surface area contributed by atoms with Gasteiger partial charge in [0.1, 0.15) is 11.5 Å². The average molecular weight is 449 g/mol. The van der Waals surface area contributed by atoms with Crippen LogP contribution < -0.4 is 0 Å². The molecule has 2 N–H and O–H groups in total. The fourth-order valence-electron chi connectivity index (χ4n) is 6.15. The number of hydrogen-bond donors (Lipinski definition) is 2. The maximum atomic E-state index is 11.2. The minimum Gasteiger partial charge on any atom is -0.507 e. The second-order valence-electron chi connectivity index (χ2n) is 10.7. The van der Waals surface area contributed by atoms with Crippen LogP contribution >= 0.6 is 0 Å². The Hall–Kier alpha value is -1.96. The van der Waals surface area contributed by atoms with Crippen molar-refractivity contribution in [1.29, 1.82) is 0 Å². The van der Waals surface area contributed by atoms with Gasteiger partial charge in [-0.2, -0.15) is 0 Å². The zero-order valence-corrected chi connectivity index (χ0v) is 21.0. The Labute approximate surface area is 201 Å². The standard InChI is InChI=1S/C31H44O2/c1-3-5-11-24-17-26(22-13-7-8-14-22)19-28(30(24)32)21-29-20-27(23-15-9-10-16-23)18-25(31(29)33)12-6-4-2/h17-20,22-23,32-33H,3-16,21H2,1-2H3. The van der Waals surface area contributed by atoms with Gasteiger partial charge in [0.15, 0.2) is 0 Å². The van der Waals surface area contributed by atoms with Crippen molar-refractivity contribution in [2.75, 3.05) is 0 Å². The molecule has 0 heterocycles. The quantitative estimate of drug-likeness (QED) is 0.381. The third-order valence-corrected chi connectivity index (χ3v) is 8.21. The van der Waals surface area contributed by atoms with Crippen molar-refractivity contribution in [2.24, 2.45) is 0 Å². The average Bonchev–Trinajstić information content (AvgIpc) is 3.54. The van der Waals surface area contributed by atoms with E-state index >= 15 is 0 Å². The molecular formula is C31H44O2. The van der Waals surface area contributed by atoms with E-state index in [2.05, 4.69) is 38.1 Å². The van der Waals surface area contributed by atoms with Crippen LogP contribution in [0.1, 0.15) is 136 Å². The van der Waals surface area contributed by atoms with Crippen LogP contribution in [0.15, 0.2) is 24.3 Å². The van der Waals surface area contributed by atoms with E-state index in [4.69, 9.17) is 0 Å². The number of aryl methyl sites for hydroxylation is 2. The predicted molar refractivity (Wildman–Crippen MR) is 139 cm³/mol. The number of phenolic OH excluding ortho intramolecular Hbond substituents is 2. The lowest BCUT2D eigenvalue weighted by Crippen LogP contribution is -2.03. The van der Waals surface area contributed by atoms with Crippen LogP contribution in [0.4, 0.5) is 0 Å². The summed E-state index contributed by atoms with van der Waals surface area (Å²) in [5.74, 6) is 2.18. The molecule has 0 spiro atoms. The first kappa shape index (κ1) is 24.2. The summed E-state index contributed by atoms with van der Waals surface area (Å²) in [5, 5.41) is 22.5. The van der Waals surface area contributed by atoms with Gasteiger partial charge in [-0.25, -0.2) is 0 Å². The van der Waals surface area contributed by atoms with Crippen molar-refractivity contribution in [1.82, 2.24) is 0 Å². The molecule has 2 fully saturated rings. The van der Waals surface area contributed by atoms with E-state index in [0.717, 1.165) is 60.8 Å². The summed E-state index contributed by atoms with van der Waals surface area (Å²) in [5.41, 5.74) is 7.03. The van der Waals surface area contributed by atoms with Crippen LogP contribution in [0.2, 0.25) is 0 Å². The fourth-order valence-corrected chi connectivity index (χ4v) is 6.15. The molecule has 0 atom stereocenters. The van der Waals surface area contributed by atoms with E-state index in [1.165, 1.54) is 62.5 Å². The summed E-state index contributed by atoms with van der Waals surface area (Å²) in [6.45, 7) is 4.42. The first-order valence-electron chi connectivity index (χ1n) is 13.8. The van der Waals surface area contributed by atoms with Gasteiger partial charge in [-0.05, 0) is 96.6 Å². The molecule has 0 aliphatic heterocycles. The summed E-state index contributed by atoms with van der Waals surface area (Å²) in [6, 6.07) is 9.08. The third-order valence-electron chi connectivity index (χ3n) is 8.21. The highest BCUT2D eigenvalue weighted by Gasteiger charge is 2.23. The monoisotopic (exact) mass is 448 g/mol. The Morgan fingerprint density at radius 1 is 0.606 bits per heavy atom. The lowest BCUT2D eigenvalue weighted by molar-refractivity contribution is 0.453. The van der Waals surface area contributed by atoms with Crippen molar-refractivity contribution in [3.8, 4) is 11.5 Å². The second-order valence-corrected chi connectivity index (χ2v) is 10.7. The summed E-state index contributed by atoms with van der Waals surface area (Å²) >= 11 is 0. The fraction of sp³-hybridized carbons (Fsp3) is 0.613. The normalized spacial score (nSPS) is 17.3. The van der Waals surface area contributed by atoms with Gasteiger partial charge in [-0.1, -0.05) is 76.6 Å². The molecule has 2 saturated carbocycles. The van der Waals surface area contributed by atoms with Crippen LogP contribution in [0.5, 0.6) is 11.5 Å². The van der Waals surface area contributed by atoms with E-state index in [9.17, 15) is 10.2 Å². The molecule has 2 aliphatic rings. The molecule has 0 unspecified atom stereocenters. The summed E-state index contributed by atoms with van der Waals surface area (Å²) in [4.78, 5) is 0. The number of benzene rings is 2. The Morgan fingerprint density at radius 3 is 1.33 bits per heavy atom. The van der Waals surface area contributed by atoms with Gasteiger partial charge in [0.25, 0.3) is 0 Å². The molecule has 180 valence electrons. The number of phenols is 2. The van der Waals surface area contributed by atoms with Crippen LogP contribution in [0.25, 0.3) is 0 Å². The highest BCUT2D eigenvalue weighted by atomic mass is 16.3. The van der Waals surface area contributed by atoms with Gasteiger partial charge in [0.2, 0.25) is 0 Å². The highest BCUT2D eigenvalue weighted by Crippen LogP contribution is 2.41. The molecule has 2 nitrogen and oxygen atoms in total. The van der Waals surface area contributed by atoms with E-state index in [1.54, 1.807) is 0 Å². The Balaban J connectivity index is 1.71. The molecule has 0 radical (unpaired) electrons. The Kier molecular flexibility index (Phi) is 8.39. The lowest BCUT2D eigenvalue weighted by Gasteiger charge is -2.20. The van der Waals surface area contributed by atoms with Crippen molar-refractivity contribution < 1.29 is 10.2 Å². The SMILES string of the molecule is CCCCc1cc(C2CCCC2)cc(Cc2cc(C3CCCC3)cc(CCCC)c2O)c1O. The lowest BCUT2D eigenvalue weighted by atomic mass is 9.87. The van der Waals surface area contributed by atoms with Crippen molar-refractivity contribution >= 4 is 0 Å². The summed E-state index contributed by atoms with van der Waals surface area (Å²) < 4.78 is 0. The molecule has 0 aromatic heterocycles. The minimum atomic E-state index is 0.464. The molecule has 4 rings (SSSR count). The maximum absolute atomic E-state index is 11.2. The molecule has 33 heavy (non-hydrogen) atoms. The smallest absolute Gasteiger partial charge is 0.122 e. The number of hydrogen-bond acceptors (Lipinski definition) is 2. The van der Waals surface area contributed by atoms with Crippen molar-refractivity contribution in [3.63, 3.8) is 0 Å². The number of rotatable bonds is 10. The summed E-state index contributed by atoms with van der Waals surface area (Å²) in [6.07, 6.45) is 17.3. The minimum absolute atomic E-state index is 0.464. The van der Waals surface area contributed by atoms with Gasteiger partial charge < -0.3 is 10.2 Å². The van der Waals surface area contributed by atoms with E-state index in [1.807, 2.05) is 0 Å². The number of aromatic hydroxyl groups is 2. The van der Waals surface area contributed by atoms with Crippen LogP contribution in [-0.2, 0) is 19.3 Å². The third kappa shape index (κ3) is 5.76. The largest absolute Gasteiger partial charge is 0.507 e. The first-order chi connectivity index (χ1) is 16.1. The van der Waals surface area contributed by atoms with Crippen LogP contribution in [0.3, 0.4) is 0 Å². The zero-order valence-electron chi connectivity index (χ0n) is 21.0. The van der Waals surface area contributed by atoms with Gasteiger partial charge >= 0.3 is 0 Å². The van der Waals surface area contributed by atoms with Gasteiger partial charge in [-0.3, -0.25) is 0 Å². The zero-order chi connectivity index (χ0) is 23.2. The van der Waals surface area contributed by atoms with E-state index in [-0.39, 0.29) is 0 Å².